The molecule has 0 radical (unpaired) electrons. The number of aliphatic carboxylic acids is 1. The lowest BCUT2D eigenvalue weighted by molar-refractivity contribution is -0.145. The highest BCUT2D eigenvalue weighted by atomic mass is 16.4. The van der Waals surface area contributed by atoms with Crippen molar-refractivity contribution < 1.29 is 39.0 Å². The number of carbonyl (C=O) groups excluding carboxylic acids is 5. The summed E-state index contributed by atoms with van der Waals surface area (Å²) in [7, 11) is 0. The van der Waals surface area contributed by atoms with Crippen LogP contribution in [-0.4, -0.2) is 93.5 Å². The minimum atomic E-state index is -1.57. The number of carbonyl (C=O) groups is 6. The second-order valence-electron chi connectivity index (χ2n) is 9.50. The minimum absolute atomic E-state index is 0.0472. The van der Waals surface area contributed by atoms with Crippen molar-refractivity contribution in [1.29, 1.82) is 0 Å². The number of carboxylic acid groups (broad SMARTS) is 1. The Hall–Kier alpha value is -3.22. The fourth-order valence-corrected chi connectivity index (χ4v) is 4.16. The van der Waals surface area contributed by atoms with Crippen molar-refractivity contribution >= 4 is 35.5 Å². The third-order valence-electron chi connectivity index (χ3n) is 5.99. The molecule has 0 aliphatic carbocycles. The Balaban J connectivity index is 2.48. The molecule has 0 aromatic heterocycles. The number of nitrogens with one attached hydrogen (secondary N) is 4. The molecular formula is C22H35N5O8. The molecule has 0 bridgehead atoms. The summed E-state index contributed by atoms with van der Waals surface area (Å²) in [6.07, 6.45) is -1.15. The highest BCUT2D eigenvalue weighted by Crippen LogP contribution is 2.20. The molecule has 5 amide bonds. The number of aliphatic hydroxyl groups is 1. The predicted octanol–water partition coefficient (Wildman–Crippen LogP) is -2.15. The van der Waals surface area contributed by atoms with E-state index in [1.54, 1.807) is 0 Å². The third-order valence-corrected chi connectivity index (χ3v) is 5.99. The van der Waals surface area contributed by atoms with Crippen molar-refractivity contribution in [2.75, 3.05) is 6.54 Å². The monoisotopic (exact) mass is 497 g/mol. The van der Waals surface area contributed by atoms with Crippen molar-refractivity contribution in [3.05, 3.63) is 0 Å². The fourth-order valence-electron chi connectivity index (χ4n) is 4.16. The number of carboxylic acids is 1. The van der Waals surface area contributed by atoms with Gasteiger partial charge in [-0.2, -0.15) is 0 Å². The van der Waals surface area contributed by atoms with Crippen LogP contribution in [0, 0.1) is 5.92 Å². The minimum Gasteiger partial charge on any atom is -0.481 e. The maximum atomic E-state index is 13.2. The Morgan fingerprint density at radius 1 is 0.943 bits per heavy atom. The predicted molar refractivity (Wildman–Crippen MR) is 122 cm³/mol. The second-order valence-corrected chi connectivity index (χ2v) is 9.50. The first-order chi connectivity index (χ1) is 16.3. The molecule has 0 aromatic carbocycles. The zero-order valence-electron chi connectivity index (χ0n) is 20.4. The first-order valence-electron chi connectivity index (χ1n) is 11.7. The molecule has 0 spiro atoms. The largest absolute Gasteiger partial charge is 0.481 e. The van der Waals surface area contributed by atoms with Crippen molar-refractivity contribution in [3.8, 4) is 0 Å². The quantitative estimate of drug-likeness (QED) is 0.247. The van der Waals surface area contributed by atoms with Crippen LogP contribution in [0.5, 0.6) is 0 Å². The van der Waals surface area contributed by atoms with Gasteiger partial charge in [-0.15, -0.1) is 0 Å². The molecule has 2 fully saturated rings. The van der Waals surface area contributed by atoms with Crippen LogP contribution < -0.4 is 21.3 Å². The van der Waals surface area contributed by atoms with Gasteiger partial charge < -0.3 is 36.4 Å². The summed E-state index contributed by atoms with van der Waals surface area (Å²) >= 11 is 0. The normalized spacial score (nSPS) is 29.8. The van der Waals surface area contributed by atoms with E-state index in [9.17, 15) is 39.0 Å². The zero-order valence-corrected chi connectivity index (χ0v) is 20.4. The van der Waals surface area contributed by atoms with Crippen LogP contribution in [0.15, 0.2) is 0 Å². The van der Waals surface area contributed by atoms with Crippen molar-refractivity contribution in [1.82, 2.24) is 26.2 Å². The Kier molecular flexibility index (Phi) is 9.57. The molecule has 2 saturated heterocycles. The van der Waals surface area contributed by atoms with Gasteiger partial charge in [0, 0.05) is 6.54 Å². The third kappa shape index (κ3) is 7.38. The topological polar surface area (TPSA) is 194 Å². The molecule has 6 atom stereocenters. The number of rotatable bonds is 5. The van der Waals surface area contributed by atoms with Gasteiger partial charge in [0.05, 0.1) is 12.5 Å². The summed E-state index contributed by atoms with van der Waals surface area (Å²) in [6.45, 7) is 6.54. The van der Waals surface area contributed by atoms with Crippen molar-refractivity contribution in [3.63, 3.8) is 0 Å². The van der Waals surface area contributed by atoms with Crippen LogP contribution in [0.1, 0.15) is 53.4 Å². The average molecular weight is 498 g/mol. The summed E-state index contributed by atoms with van der Waals surface area (Å²) < 4.78 is 0. The van der Waals surface area contributed by atoms with Gasteiger partial charge in [0.15, 0.2) is 0 Å². The highest BCUT2D eigenvalue weighted by molar-refractivity contribution is 5.98. The van der Waals surface area contributed by atoms with E-state index in [1.165, 1.54) is 18.7 Å². The highest BCUT2D eigenvalue weighted by Gasteiger charge is 2.41. The smallest absolute Gasteiger partial charge is 0.305 e. The second kappa shape index (κ2) is 12.0. The fraction of sp³-hybridized carbons (Fsp3) is 0.727. The Morgan fingerprint density at radius 2 is 1.54 bits per heavy atom. The van der Waals surface area contributed by atoms with Crippen LogP contribution in [0.4, 0.5) is 0 Å². The van der Waals surface area contributed by atoms with Gasteiger partial charge >= 0.3 is 5.97 Å². The van der Waals surface area contributed by atoms with Gasteiger partial charge in [0.25, 0.3) is 0 Å². The number of fused-ring (bicyclic) bond motifs is 1. The summed E-state index contributed by atoms with van der Waals surface area (Å²) in [5.41, 5.74) is 0. The van der Waals surface area contributed by atoms with Crippen LogP contribution in [0.2, 0.25) is 0 Å². The maximum absolute atomic E-state index is 13.2. The van der Waals surface area contributed by atoms with Gasteiger partial charge in [-0.3, -0.25) is 28.8 Å². The summed E-state index contributed by atoms with van der Waals surface area (Å²) in [4.78, 5) is 77.4. The van der Waals surface area contributed by atoms with Crippen LogP contribution in [-0.2, 0) is 28.8 Å². The summed E-state index contributed by atoms with van der Waals surface area (Å²) in [5.74, 6) is -5.15. The van der Waals surface area contributed by atoms with Gasteiger partial charge in [0.2, 0.25) is 29.5 Å². The van der Waals surface area contributed by atoms with Gasteiger partial charge in [-0.05, 0) is 39.0 Å². The summed E-state index contributed by atoms with van der Waals surface area (Å²) in [5, 5.41) is 29.3. The van der Waals surface area contributed by atoms with Crippen LogP contribution in [0.3, 0.4) is 0 Å². The van der Waals surface area contributed by atoms with E-state index < -0.39 is 78.2 Å². The molecule has 2 aliphatic rings. The van der Waals surface area contributed by atoms with Crippen molar-refractivity contribution in [2.45, 2.75) is 89.7 Å². The molecule has 13 heteroatoms. The number of nitrogens with zero attached hydrogens (tertiary/aromatic N) is 1. The number of hydrogen-bond acceptors (Lipinski definition) is 7. The Labute approximate surface area is 203 Å². The molecule has 196 valence electrons. The number of aliphatic hydroxyl groups excluding tert-OH is 1. The molecule has 2 rings (SSSR count). The molecule has 35 heavy (non-hydrogen) atoms. The van der Waals surface area contributed by atoms with E-state index in [1.807, 2.05) is 13.8 Å². The molecular weight excluding hydrogens is 462 g/mol. The lowest BCUT2D eigenvalue weighted by atomic mass is 10.0. The van der Waals surface area contributed by atoms with E-state index >= 15 is 0 Å². The molecule has 2 heterocycles. The molecule has 0 aromatic rings. The first kappa shape index (κ1) is 28.0. The Bertz CT molecular complexity index is 861. The standard InChI is InChI=1S/C22H35N5O8/c1-10(2)8-13-19(32)25-14(9-16(29)30)20(33)26-17(12(4)28)22(35)27-7-5-6-15(27)21(34)23-11(3)18(31)24-13/h10-15,17,28H,5-9H2,1-4H3,(H,23,34)(H,24,31)(H,25,32)(H,26,33)(H,29,30)/t11-,12+,13-,14+,15+,17-/m0/s1. The van der Waals surface area contributed by atoms with E-state index in [0.717, 1.165) is 0 Å². The van der Waals surface area contributed by atoms with E-state index in [4.69, 9.17) is 0 Å². The number of hydrogen-bond donors (Lipinski definition) is 6. The molecule has 2 aliphatic heterocycles. The zero-order chi connectivity index (χ0) is 26.4. The van der Waals surface area contributed by atoms with E-state index in [-0.39, 0.29) is 18.9 Å². The lowest BCUT2D eigenvalue weighted by Gasteiger charge is -2.31. The van der Waals surface area contributed by atoms with Gasteiger partial charge in [0.1, 0.15) is 30.2 Å². The molecule has 13 nitrogen and oxygen atoms in total. The van der Waals surface area contributed by atoms with Crippen LogP contribution >= 0.6 is 0 Å². The van der Waals surface area contributed by atoms with Gasteiger partial charge in [-0.25, -0.2) is 0 Å². The first-order valence-corrected chi connectivity index (χ1v) is 11.7. The molecule has 0 saturated carbocycles. The lowest BCUT2D eigenvalue weighted by Crippen LogP contribution is -2.60. The molecule has 0 unspecified atom stereocenters. The molecule has 6 N–H and O–H groups in total. The van der Waals surface area contributed by atoms with E-state index in [0.29, 0.717) is 12.8 Å². The maximum Gasteiger partial charge on any atom is 0.305 e. The van der Waals surface area contributed by atoms with Crippen LogP contribution in [0.25, 0.3) is 0 Å². The summed E-state index contributed by atoms with van der Waals surface area (Å²) in [6, 6.07) is -6.10. The van der Waals surface area contributed by atoms with Gasteiger partial charge in [-0.1, -0.05) is 13.8 Å². The van der Waals surface area contributed by atoms with Crippen molar-refractivity contribution in [2.24, 2.45) is 5.92 Å². The SMILES string of the molecule is CC(C)C[C@@H]1NC(=O)[C@H](C)NC(=O)[C@H]2CCCN2C(=O)[C@H]([C@@H](C)O)NC(=O)[C@@H](CC(=O)O)NC1=O. The average Bonchev–Trinajstić information content (AvgIpc) is 3.24. The Morgan fingerprint density at radius 3 is 2.11 bits per heavy atom. The number of amides is 5. The van der Waals surface area contributed by atoms with E-state index in [2.05, 4.69) is 21.3 Å².